The van der Waals surface area contributed by atoms with Gasteiger partial charge in [0.05, 0.1) is 26.4 Å². The predicted octanol–water partition coefficient (Wildman–Crippen LogP) is 22.9. The van der Waals surface area contributed by atoms with Crippen LogP contribution >= 0.6 is 15.6 Å². The highest BCUT2D eigenvalue weighted by Gasteiger charge is 2.30. The molecule has 96 heavy (non-hydrogen) atoms. The molecule has 2 unspecified atom stereocenters. The number of rotatable bonds is 77. The number of hydrogen-bond donors (Lipinski definition) is 3. The van der Waals surface area contributed by atoms with Crippen molar-refractivity contribution in [2.75, 3.05) is 39.6 Å². The van der Waals surface area contributed by atoms with E-state index in [1.54, 1.807) is 0 Å². The molecule has 0 spiro atoms. The van der Waals surface area contributed by atoms with Gasteiger partial charge in [-0.05, 0) is 31.6 Å². The van der Waals surface area contributed by atoms with Crippen molar-refractivity contribution >= 4 is 39.5 Å². The van der Waals surface area contributed by atoms with Gasteiger partial charge in [0, 0.05) is 25.7 Å². The zero-order valence-electron chi connectivity index (χ0n) is 62.5. The lowest BCUT2D eigenvalue weighted by Gasteiger charge is -2.21. The molecule has 0 aliphatic rings. The van der Waals surface area contributed by atoms with E-state index in [4.69, 9.17) is 37.0 Å². The Kier molecular flexibility index (Phi) is 68.7. The third-order valence-electron chi connectivity index (χ3n) is 18.0. The molecular weight excluding hydrogens is 1260 g/mol. The number of aliphatic hydroxyl groups is 1. The largest absolute Gasteiger partial charge is 0.472 e. The molecule has 570 valence electrons. The summed E-state index contributed by atoms with van der Waals surface area (Å²) < 4.78 is 68.2. The summed E-state index contributed by atoms with van der Waals surface area (Å²) in [5.74, 6) is -1.31. The first-order chi connectivity index (χ1) is 46.5. The molecule has 3 N–H and O–H groups in total. The second-order valence-corrected chi connectivity index (χ2v) is 31.1. The molecule has 0 saturated carbocycles. The summed E-state index contributed by atoms with van der Waals surface area (Å²) >= 11 is 0. The van der Waals surface area contributed by atoms with Crippen LogP contribution in [0.25, 0.3) is 0 Å². The lowest BCUT2D eigenvalue weighted by molar-refractivity contribution is -0.161. The van der Waals surface area contributed by atoms with Crippen molar-refractivity contribution in [1.29, 1.82) is 0 Å². The number of aliphatic hydroxyl groups excluding tert-OH is 1. The Morgan fingerprint density at radius 2 is 0.479 bits per heavy atom. The number of hydrogen-bond acceptors (Lipinski definition) is 15. The Balaban J connectivity index is 5.09. The molecule has 0 fully saturated rings. The van der Waals surface area contributed by atoms with Gasteiger partial charge in [0.1, 0.15) is 19.3 Å². The monoisotopic (exact) mass is 1410 g/mol. The lowest BCUT2D eigenvalue weighted by Crippen LogP contribution is -2.30. The van der Waals surface area contributed by atoms with Crippen LogP contribution in [-0.4, -0.2) is 96.7 Å². The molecule has 0 aromatic carbocycles. The molecule has 5 atom stereocenters. The second kappa shape index (κ2) is 70.1. The van der Waals surface area contributed by atoms with Crippen molar-refractivity contribution in [3.05, 3.63) is 0 Å². The van der Waals surface area contributed by atoms with Crippen LogP contribution in [0.15, 0.2) is 0 Å². The van der Waals surface area contributed by atoms with E-state index in [-0.39, 0.29) is 25.7 Å². The Bertz CT molecular complexity index is 1840. The van der Waals surface area contributed by atoms with E-state index in [1.165, 1.54) is 225 Å². The van der Waals surface area contributed by atoms with Gasteiger partial charge in [-0.3, -0.25) is 37.3 Å². The number of phosphoric acid groups is 2. The lowest BCUT2D eigenvalue weighted by atomic mass is 10.0. The normalized spacial score (nSPS) is 13.9. The smallest absolute Gasteiger partial charge is 0.462 e. The first-order valence-corrected chi connectivity index (χ1v) is 43.1. The molecule has 0 bridgehead atoms. The molecule has 0 amide bonds. The van der Waals surface area contributed by atoms with Gasteiger partial charge in [0.15, 0.2) is 12.2 Å². The van der Waals surface area contributed by atoms with Crippen LogP contribution in [0.5, 0.6) is 0 Å². The van der Waals surface area contributed by atoms with Gasteiger partial charge < -0.3 is 33.8 Å². The Labute approximate surface area is 588 Å². The van der Waals surface area contributed by atoms with Crippen molar-refractivity contribution in [1.82, 2.24) is 0 Å². The van der Waals surface area contributed by atoms with Gasteiger partial charge in [0.25, 0.3) is 0 Å². The first-order valence-electron chi connectivity index (χ1n) is 40.1. The molecule has 0 saturated heterocycles. The molecule has 19 heteroatoms. The quantitative estimate of drug-likeness (QED) is 0.0222. The van der Waals surface area contributed by atoms with E-state index in [0.29, 0.717) is 25.7 Å². The van der Waals surface area contributed by atoms with Crippen molar-refractivity contribution in [2.45, 2.75) is 425 Å². The number of unbranched alkanes of at least 4 members (excludes halogenated alkanes) is 49. The van der Waals surface area contributed by atoms with Crippen LogP contribution in [0.4, 0.5) is 0 Å². The average molecular weight is 1410 g/mol. The van der Waals surface area contributed by atoms with Crippen molar-refractivity contribution in [2.24, 2.45) is 5.92 Å². The van der Waals surface area contributed by atoms with Crippen LogP contribution in [0, 0.1) is 5.92 Å². The minimum absolute atomic E-state index is 0.106. The summed E-state index contributed by atoms with van der Waals surface area (Å²) in [6.45, 7) is 7.23. The molecule has 0 rings (SSSR count). The molecule has 0 aliphatic heterocycles. The van der Waals surface area contributed by atoms with Gasteiger partial charge in [-0.25, -0.2) is 9.13 Å². The third-order valence-corrected chi connectivity index (χ3v) is 19.9. The molecular formula is C77H150O17P2. The maximum atomic E-state index is 13.1. The van der Waals surface area contributed by atoms with Crippen molar-refractivity contribution < 1.29 is 80.2 Å². The van der Waals surface area contributed by atoms with Crippen LogP contribution < -0.4 is 0 Å². The number of ether oxygens (including phenoxy) is 4. The summed E-state index contributed by atoms with van der Waals surface area (Å²) in [6.07, 6.45) is 60.3. The van der Waals surface area contributed by atoms with E-state index in [2.05, 4.69) is 34.6 Å². The van der Waals surface area contributed by atoms with E-state index < -0.39 is 97.5 Å². The van der Waals surface area contributed by atoms with E-state index in [0.717, 1.165) is 102 Å². The summed E-state index contributed by atoms with van der Waals surface area (Å²) in [5, 5.41) is 10.6. The number of phosphoric ester groups is 2. The zero-order valence-corrected chi connectivity index (χ0v) is 64.3. The topological polar surface area (TPSA) is 237 Å². The van der Waals surface area contributed by atoms with Gasteiger partial charge in [-0.15, -0.1) is 0 Å². The van der Waals surface area contributed by atoms with Crippen LogP contribution in [0.3, 0.4) is 0 Å². The molecule has 0 aromatic heterocycles. The van der Waals surface area contributed by atoms with Gasteiger partial charge >= 0.3 is 39.5 Å². The highest BCUT2D eigenvalue weighted by atomic mass is 31.2. The maximum absolute atomic E-state index is 13.1. The van der Waals surface area contributed by atoms with Crippen molar-refractivity contribution in [3.63, 3.8) is 0 Å². The molecule has 0 radical (unpaired) electrons. The first kappa shape index (κ1) is 94.1. The summed E-state index contributed by atoms with van der Waals surface area (Å²) in [7, 11) is -9.90. The van der Waals surface area contributed by atoms with Crippen LogP contribution in [0.2, 0.25) is 0 Å². The zero-order chi connectivity index (χ0) is 70.5. The summed E-state index contributed by atoms with van der Waals surface area (Å²) in [5.41, 5.74) is 0. The Hall–Kier alpha value is -1.94. The van der Waals surface area contributed by atoms with Crippen molar-refractivity contribution in [3.8, 4) is 0 Å². The van der Waals surface area contributed by atoms with E-state index >= 15 is 0 Å². The number of carbonyl (C=O) groups is 4. The predicted molar refractivity (Wildman–Crippen MR) is 391 cm³/mol. The molecule has 0 heterocycles. The van der Waals surface area contributed by atoms with Crippen LogP contribution in [-0.2, 0) is 65.4 Å². The minimum atomic E-state index is -4.96. The fraction of sp³-hybridized carbons (Fsp3) is 0.948. The summed E-state index contributed by atoms with van der Waals surface area (Å²) in [4.78, 5) is 72.5. The minimum Gasteiger partial charge on any atom is -0.462 e. The summed E-state index contributed by atoms with van der Waals surface area (Å²) in [6, 6.07) is 0. The Morgan fingerprint density at radius 1 is 0.281 bits per heavy atom. The van der Waals surface area contributed by atoms with Gasteiger partial charge in [-0.2, -0.15) is 0 Å². The standard InChI is InChI=1S/C77H150O17P2/c1-6-9-12-15-17-19-21-22-23-24-25-26-30-33-36-39-43-46-51-56-61-75(80)88-67-73(94-77(82)63-58-53-48-44-40-37-34-31-28-27-29-32-35-38-41-45-50-54-59-70(4)5)69-92-96(85,86)90-65-71(78)64-89-95(83,84)91-68-72(66-87-74(79)60-55-49-14-11-8-3)93-76(81)62-57-52-47-42-20-18-16-13-10-7-2/h70-73,78H,6-69H2,1-5H3,(H,83,84)(H,85,86)/t71-,72+,73+/m0/s1. The van der Waals surface area contributed by atoms with Crippen LogP contribution in [0.1, 0.15) is 407 Å². The van der Waals surface area contributed by atoms with Gasteiger partial charge in [0.2, 0.25) is 0 Å². The second-order valence-electron chi connectivity index (χ2n) is 28.2. The highest BCUT2D eigenvalue weighted by molar-refractivity contribution is 7.47. The van der Waals surface area contributed by atoms with E-state index in [9.17, 15) is 43.2 Å². The fourth-order valence-corrected chi connectivity index (χ4v) is 13.5. The number of carbonyl (C=O) groups excluding carboxylic acids is 4. The number of esters is 4. The molecule has 17 nitrogen and oxygen atoms in total. The molecule has 0 aliphatic carbocycles. The maximum Gasteiger partial charge on any atom is 0.472 e. The Morgan fingerprint density at radius 3 is 0.708 bits per heavy atom. The third kappa shape index (κ3) is 70.5. The van der Waals surface area contributed by atoms with E-state index in [1.807, 2.05) is 0 Å². The fourth-order valence-electron chi connectivity index (χ4n) is 11.9. The average Bonchev–Trinajstić information content (AvgIpc) is 1.28. The van der Waals surface area contributed by atoms with Gasteiger partial charge in [-0.1, -0.05) is 356 Å². The molecule has 0 aromatic rings. The SMILES string of the molecule is CCCCCCCCCCCCCCCCCCCCCCC(=O)OC[C@H](COP(=O)(O)OC[C@@H](O)COP(=O)(O)OC[C@@H](COC(=O)CCCCCCC)OC(=O)CCCCCCCCCCCC)OC(=O)CCCCCCCCCCCCCCCCCCCCC(C)C. The highest BCUT2D eigenvalue weighted by Crippen LogP contribution is 2.45.